The molecule has 0 saturated carbocycles. The number of hydrogen-bond donors (Lipinski definition) is 2. The van der Waals surface area contributed by atoms with Crippen LogP contribution >= 0.6 is 0 Å². The van der Waals surface area contributed by atoms with Gasteiger partial charge < -0.3 is 9.47 Å². The van der Waals surface area contributed by atoms with Crippen molar-refractivity contribution >= 4 is 11.8 Å². The number of para-hydroxylation sites is 2. The Kier molecular flexibility index (Phi) is 3.82. The number of nitrogens with one attached hydrogen (secondary N) is 2. The van der Waals surface area contributed by atoms with E-state index in [9.17, 15) is 9.59 Å². The molecule has 112 valence electrons. The third-order valence-corrected chi connectivity index (χ3v) is 2.90. The highest BCUT2D eigenvalue weighted by molar-refractivity contribution is 5.93. The third kappa shape index (κ3) is 2.95. The van der Waals surface area contributed by atoms with E-state index in [1.807, 2.05) is 6.07 Å². The predicted molar refractivity (Wildman–Crippen MR) is 74.0 cm³/mol. The fourth-order valence-electron chi connectivity index (χ4n) is 1.83. The van der Waals surface area contributed by atoms with Crippen LogP contribution in [-0.4, -0.2) is 34.5 Å². The molecule has 8 nitrogen and oxygen atoms in total. The summed E-state index contributed by atoms with van der Waals surface area (Å²) in [4.78, 5) is 31.3. The Morgan fingerprint density at radius 1 is 1.14 bits per heavy atom. The highest BCUT2D eigenvalue weighted by Crippen LogP contribution is 2.30. The summed E-state index contributed by atoms with van der Waals surface area (Å²) in [7, 11) is 0. The number of carbonyl (C=O) groups is 2. The van der Waals surface area contributed by atoms with E-state index in [0.717, 1.165) is 0 Å². The van der Waals surface area contributed by atoms with Crippen molar-refractivity contribution in [3.05, 3.63) is 48.5 Å². The summed E-state index contributed by atoms with van der Waals surface area (Å²) in [5.74, 6) is -0.0328. The number of hydrogen-bond acceptors (Lipinski definition) is 6. The molecule has 2 aromatic rings. The Balaban J connectivity index is 1.56. The van der Waals surface area contributed by atoms with Crippen LogP contribution in [0.1, 0.15) is 10.5 Å². The largest absolute Gasteiger partial charge is 0.485 e. The predicted octanol–water partition coefficient (Wildman–Crippen LogP) is 0.0776. The molecule has 1 atom stereocenters. The van der Waals surface area contributed by atoms with Crippen molar-refractivity contribution in [2.75, 3.05) is 6.61 Å². The SMILES string of the molecule is O=C(NNC(=O)C1COc2ccccc2O1)c1cnccn1. The summed E-state index contributed by atoms with van der Waals surface area (Å²) in [6, 6.07) is 7.04. The number of ether oxygens (including phenoxy) is 2. The summed E-state index contributed by atoms with van der Waals surface area (Å²) in [6.45, 7) is 0.0594. The Labute approximate surface area is 125 Å². The van der Waals surface area contributed by atoms with Crippen molar-refractivity contribution in [2.45, 2.75) is 6.10 Å². The van der Waals surface area contributed by atoms with Gasteiger partial charge >= 0.3 is 0 Å². The van der Waals surface area contributed by atoms with Gasteiger partial charge in [-0.3, -0.25) is 25.4 Å². The number of carbonyl (C=O) groups excluding carboxylic acids is 2. The van der Waals surface area contributed by atoms with Crippen LogP contribution in [0.4, 0.5) is 0 Å². The first-order valence-electron chi connectivity index (χ1n) is 6.49. The number of rotatable bonds is 2. The molecule has 0 radical (unpaired) electrons. The van der Waals surface area contributed by atoms with E-state index in [1.54, 1.807) is 18.2 Å². The average Bonchev–Trinajstić information content (AvgIpc) is 2.59. The van der Waals surface area contributed by atoms with Crippen molar-refractivity contribution in [3.8, 4) is 11.5 Å². The first-order chi connectivity index (χ1) is 10.7. The molecule has 2 amide bonds. The van der Waals surface area contributed by atoms with Gasteiger partial charge in [0, 0.05) is 12.4 Å². The van der Waals surface area contributed by atoms with Crippen LogP contribution in [0.2, 0.25) is 0 Å². The van der Waals surface area contributed by atoms with Gasteiger partial charge in [0.1, 0.15) is 12.3 Å². The number of amides is 2. The van der Waals surface area contributed by atoms with Crippen LogP contribution < -0.4 is 20.3 Å². The minimum atomic E-state index is -0.850. The number of nitrogens with zero attached hydrogens (tertiary/aromatic N) is 2. The van der Waals surface area contributed by atoms with Crippen LogP contribution in [0.3, 0.4) is 0 Å². The highest BCUT2D eigenvalue weighted by Gasteiger charge is 2.27. The fraction of sp³-hybridized carbons (Fsp3) is 0.143. The standard InChI is InChI=1S/C14H12N4O4/c19-13(9-7-15-5-6-16-9)17-18-14(20)12-8-21-10-3-1-2-4-11(10)22-12/h1-7,12H,8H2,(H,17,19)(H,18,20). The molecular formula is C14H12N4O4. The van der Waals surface area contributed by atoms with Crippen molar-refractivity contribution in [1.82, 2.24) is 20.8 Å². The van der Waals surface area contributed by atoms with Gasteiger partial charge in [0.25, 0.3) is 11.8 Å². The summed E-state index contributed by atoms with van der Waals surface area (Å²) in [5, 5.41) is 0. The van der Waals surface area contributed by atoms with Crippen LogP contribution in [-0.2, 0) is 4.79 Å². The molecule has 2 N–H and O–H groups in total. The van der Waals surface area contributed by atoms with Gasteiger partial charge in [-0.25, -0.2) is 4.98 Å². The fourth-order valence-corrected chi connectivity index (χ4v) is 1.83. The minimum absolute atomic E-state index is 0.0594. The lowest BCUT2D eigenvalue weighted by Gasteiger charge is -2.25. The zero-order valence-electron chi connectivity index (χ0n) is 11.4. The highest BCUT2D eigenvalue weighted by atomic mass is 16.6. The van der Waals surface area contributed by atoms with Crippen LogP contribution in [0.15, 0.2) is 42.9 Å². The second kappa shape index (κ2) is 6.08. The van der Waals surface area contributed by atoms with E-state index < -0.39 is 17.9 Å². The average molecular weight is 300 g/mol. The van der Waals surface area contributed by atoms with E-state index in [0.29, 0.717) is 11.5 Å². The summed E-state index contributed by atoms with van der Waals surface area (Å²) < 4.78 is 10.9. The third-order valence-electron chi connectivity index (χ3n) is 2.90. The minimum Gasteiger partial charge on any atom is -0.485 e. The molecule has 1 aromatic carbocycles. The van der Waals surface area contributed by atoms with Crippen LogP contribution in [0.25, 0.3) is 0 Å². The first-order valence-corrected chi connectivity index (χ1v) is 6.49. The van der Waals surface area contributed by atoms with Gasteiger partial charge in [0.05, 0.1) is 6.20 Å². The maximum atomic E-state index is 12.0. The second-order valence-corrected chi connectivity index (χ2v) is 4.40. The molecular weight excluding hydrogens is 288 g/mol. The molecule has 1 aromatic heterocycles. The zero-order chi connectivity index (χ0) is 15.4. The van der Waals surface area contributed by atoms with Crippen LogP contribution in [0, 0.1) is 0 Å². The second-order valence-electron chi connectivity index (χ2n) is 4.40. The molecule has 0 aliphatic carbocycles. The molecule has 1 unspecified atom stereocenters. The molecule has 1 aliphatic heterocycles. The lowest BCUT2D eigenvalue weighted by molar-refractivity contribution is -0.131. The first kappa shape index (κ1) is 13.8. The number of hydrazine groups is 1. The Bertz CT molecular complexity index is 692. The van der Waals surface area contributed by atoms with Crippen molar-refractivity contribution in [3.63, 3.8) is 0 Å². The van der Waals surface area contributed by atoms with Gasteiger partial charge in [-0.05, 0) is 12.1 Å². The molecule has 0 fully saturated rings. The van der Waals surface area contributed by atoms with E-state index in [4.69, 9.17) is 9.47 Å². The quantitative estimate of drug-likeness (QED) is 0.761. The van der Waals surface area contributed by atoms with Gasteiger partial charge in [0.2, 0.25) is 6.10 Å². The molecule has 0 bridgehead atoms. The molecule has 0 saturated heterocycles. The van der Waals surface area contributed by atoms with Gasteiger partial charge in [-0.1, -0.05) is 12.1 Å². The number of benzene rings is 1. The smallest absolute Gasteiger partial charge is 0.289 e. The van der Waals surface area contributed by atoms with Crippen LogP contribution in [0.5, 0.6) is 11.5 Å². The van der Waals surface area contributed by atoms with E-state index in [1.165, 1.54) is 18.6 Å². The molecule has 8 heteroatoms. The topological polar surface area (TPSA) is 102 Å². The molecule has 1 aliphatic rings. The summed E-state index contributed by atoms with van der Waals surface area (Å²) in [5.41, 5.74) is 4.61. The normalized spacial score (nSPS) is 15.7. The van der Waals surface area contributed by atoms with E-state index >= 15 is 0 Å². The number of aromatic nitrogens is 2. The number of fused-ring (bicyclic) bond motifs is 1. The summed E-state index contributed by atoms with van der Waals surface area (Å²) >= 11 is 0. The maximum absolute atomic E-state index is 12.0. The van der Waals surface area contributed by atoms with Gasteiger partial charge in [0.15, 0.2) is 11.5 Å². The van der Waals surface area contributed by atoms with Crippen molar-refractivity contribution in [2.24, 2.45) is 0 Å². The Morgan fingerprint density at radius 3 is 2.73 bits per heavy atom. The molecule has 3 rings (SSSR count). The van der Waals surface area contributed by atoms with Crippen molar-refractivity contribution < 1.29 is 19.1 Å². The molecule has 0 spiro atoms. The van der Waals surface area contributed by atoms with Crippen molar-refractivity contribution in [1.29, 1.82) is 0 Å². The summed E-state index contributed by atoms with van der Waals surface area (Å²) in [6.07, 6.45) is 3.26. The molecule has 22 heavy (non-hydrogen) atoms. The lowest BCUT2D eigenvalue weighted by atomic mass is 10.2. The monoisotopic (exact) mass is 300 g/mol. The Morgan fingerprint density at radius 2 is 1.95 bits per heavy atom. The van der Waals surface area contributed by atoms with Gasteiger partial charge in [-0.15, -0.1) is 0 Å². The molecule has 2 heterocycles. The lowest BCUT2D eigenvalue weighted by Crippen LogP contribution is -2.51. The Hall–Kier alpha value is -3.16. The maximum Gasteiger partial charge on any atom is 0.289 e. The van der Waals surface area contributed by atoms with E-state index in [2.05, 4.69) is 20.8 Å². The van der Waals surface area contributed by atoms with E-state index in [-0.39, 0.29) is 12.3 Å². The van der Waals surface area contributed by atoms with Gasteiger partial charge in [-0.2, -0.15) is 0 Å². The zero-order valence-corrected chi connectivity index (χ0v) is 11.4.